The van der Waals surface area contributed by atoms with Gasteiger partial charge in [-0.25, -0.2) is 0 Å². The van der Waals surface area contributed by atoms with Gasteiger partial charge in [-0.05, 0) is 30.2 Å². The number of hydrogen-bond donors (Lipinski definition) is 1. The first-order valence-corrected chi connectivity index (χ1v) is 7.85. The summed E-state index contributed by atoms with van der Waals surface area (Å²) in [6.07, 6.45) is 0. The summed E-state index contributed by atoms with van der Waals surface area (Å²) in [6, 6.07) is 6.50. The monoisotopic (exact) mass is 292 g/mol. The highest BCUT2D eigenvalue weighted by Crippen LogP contribution is 2.22. The van der Waals surface area contributed by atoms with Gasteiger partial charge in [0.15, 0.2) is 0 Å². The molecule has 0 unspecified atom stereocenters. The molecule has 2 rings (SSSR count). The second-order valence-electron chi connectivity index (χ2n) is 6.06. The van der Waals surface area contributed by atoms with E-state index in [9.17, 15) is 0 Å². The van der Waals surface area contributed by atoms with Crippen LogP contribution >= 0.6 is 0 Å². The average Bonchev–Trinajstić information content (AvgIpc) is 2.48. The lowest BCUT2D eigenvalue weighted by molar-refractivity contribution is 0.0339. The van der Waals surface area contributed by atoms with Crippen LogP contribution in [0.5, 0.6) is 5.75 Å². The summed E-state index contributed by atoms with van der Waals surface area (Å²) in [6.45, 7) is 11.0. The molecular weight excluding hydrogens is 264 g/mol. The zero-order valence-corrected chi connectivity index (χ0v) is 13.5. The van der Waals surface area contributed by atoms with E-state index < -0.39 is 0 Å². The van der Waals surface area contributed by atoms with Crippen LogP contribution in [0.1, 0.15) is 25.0 Å². The van der Waals surface area contributed by atoms with Gasteiger partial charge < -0.3 is 14.8 Å². The van der Waals surface area contributed by atoms with Crippen LogP contribution in [0.25, 0.3) is 0 Å². The highest BCUT2D eigenvalue weighted by molar-refractivity contribution is 5.37. The summed E-state index contributed by atoms with van der Waals surface area (Å²) in [4.78, 5) is 2.42. The summed E-state index contributed by atoms with van der Waals surface area (Å²) >= 11 is 0. The minimum absolute atomic E-state index is 0.677. The predicted octanol–water partition coefficient (Wildman–Crippen LogP) is 2.27. The molecule has 4 heteroatoms. The number of methoxy groups -OCH3 is 1. The molecule has 0 radical (unpaired) electrons. The Morgan fingerprint density at radius 3 is 2.71 bits per heavy atom. The molecule has 0 amide bonds. The predicted molar refractivity (Wildman–Crippen MR) is 85.6 cm³/mol. The number of morpholine rings is 1. The molecule has 1 aromatic carbocycles. The van der Waals surface area contributed by atoms with Gasteiger partial charge in [-0.15, -0.1) is 0 Å². The maximum absolute atomic E-state index is 5.51. The van der Waals surface area contributed by atoms with E-state index in [-0.39, 0.29) is 0 Å². The van der Waals surface area contributed by atoms with E-state index in [1.165, 1.54) is 11.1 Å². The summed E-state index contributed by atoms with van der Waals surface area (Å²) in [5.41, 5.74) is 2.59. The number of nitrogens with zero attached hydrogens (tertiary/aromatic N) is 1. The fraction of sp³-hybridized carbons (Fsp3) is 0.647. The Balaban J connectivity index is 1.99. The highest BCUT2D eigenvalue weighted by Gasteiger charge is 2.13. The van der Waals surface area contributed by atoms with Gasteiger partial charge in [0.1, 0.15) is 5.75 Å². The Bertz CT molecular complexity index is 429. The van der Waals surface area contributed by atoms with Crippen LogP contribution < -0.4 is 10.1 Å². The van der Waals surface area contributed by atoms with Crippen molar-refractivity contribution in [1.29, 1.82) is 0 Å². The Labute approximate surface area is 128 Å². The summed E-state index contributed by atoms with van der Waals surface area (Å²) < 4.78 is 10.9. The van der Waals surface area contributed by atoms with E-state index in [4.69, 9.17) is 9.47 Å². The molecule has 21 heavy (non-hydrogen) atoms. The molecule has 0 bridgehead atoms. The molecule has 4 nitrogen and oxygen atoms in total. The van der Waals surface area contributed by atoms with Crippen molar-refractivity contribution in [2.75, 3.05) is 40.0 Å². The molecule has 0 atom stereocenters. The third-order valence-corrected chi connectivity index (χ3v) is 3.72. The summed E-state index contributed by atoms with van der Waals surface area (Å²) in [5.74, 6) is 1.66. The van der Waals surface area contributed by atoms with Crippen LogP contribution in [0.3, 0.4) is 0 Å². The molecule has 1 heterocycles. The Hall–Kier alpha value is -1.10. The SMILES string of the molecule is COc1ccc(CNCC(C)C)cc1CN1CCOCC1. The second kappa shape index (κ2) is 8.37. The zero-order chi connectivity index (χ0) is 15.1. The van der Waals surface area contributed by atoms with Crippen molar-refractivity contribution in [2.24, 2.45) is 5.92 Å². The normalized spacial score (nSPS) is 16.4. The van der Waals surface area contributed by atoms with E-state index >= 15 is 0 Å². The molecule has 118 valence electrons. The molecule has 1 fully saturated rings. The minimum Gasteiger partial charge on any atom is -0.496 e. The average molecular weight is 292 g/mol. The van der Waals surface area contributed by atoms with Crippen molar-refractivity contribution >= 4 is 0 Å². The quantitative estimate of drug-likeness (QED) is 0.836. The first-order chi connectivity index (χ1) is 10.2. The smallest absolute Gasteiger partial charge is 0.123 e. The van der Waals surface area contributed by atoms with Crippen molar-refractivity contribution in [3.63, 3.8) is 0 Å². The van der Waals surface area contributed by atoms with Gasteiger partial charge in [-0.3, -0.25) is 4.90 Å². The lowest BCUT2D eigenvalue weighted by atomic mass is 10.1. The van der Waals surface area contributed by atoms with E-state index in [1.807, 2.05) is 0 Å². The first-order valence-electron chi connectivity index (χ1n) is 7.85. The molecular formula is C17H28N2O2. The Morgan fingerprint density at radius 2 is 2.05 bits per heavy atom. The molecule has 0 saturated carbocycles. The minimum atomic E-state index is 0.677. The molecule has 1 aromatic rings. The molecule has 0 spiro atoms. The number of rotatable bonds is 7. The number of ether oxygens (including phenoxy) is 2. The Morgan fingerprint density at radius 1 is 1.29 bits per heavy atom. The first kappa shape index (κ1) is 16.3. The fourth-order valence-corrected chi connectivity index (χ4v) is 2.57. The van der Waals surface area contributed by atoms with Crippen molar-refractivity contribution in [3.8, 4) is 5.75 Å². The second-order valence-corrected chi connectivity index (χ2v) is 6.06. The molecule has 1 aliphatic rings. The number of hydrogen-bond acceptors (Lipinski definition) is 4. The number of nitrogens with one attached hydrogen (secondary N) is 1. The standard InChI is InChI=1S/C17H28N2O2/c1-14(2)11-18-12-15-4-5-17(20-3)16(10-15)13-19-6-8-21-9-7-19/h4-5,10,14,18H,6-9,11-13H2,1-3H3. The molecule has 1 N–H and O–H groups in total. The van der Waals surface area contributed by atoms with Crippen molar-refractivity contribution in [1.82, 2.24) is 10.2 Å². The van der Waals surface area contributed by atoms with E-state index in [1.54, 1.807) is 7.11 Å². The van der Waals surface area contributed by atoms with Gasteiger partial charge in [0.05, 0.1) is 20.3 Å². The Kier molecular flexibility index (Phi) is 6.49. The van der Waals surface area contributed by atoms with E-state index in [0.29, 0.717) is 5.92 Å². The van der Waals surface area contributed by atoms with Gasteiger partial charge >= 0.3 is 0 Å². The summed E-state index contributed by atoms with van der Waals surface area (Å²) in [7, 11) is 1.74. The zero-order valence-electron chi connectivity index (χ0n) is 13.5. The lowest BCUT2D eigenvalue weighted by Crippen LogP contribution is -2.35. The largest absolute Gasteiger partial charge is 0.496 e. The van der Waals surface area contributed by atoms with Crippen LogP contribution in [-0.2, 0) is 17.8 Å². The van der Waals surface area contributed by atoms with E-state index in [2.05, 4.69) is 42.3 Å². The van der Waals surface area contributed by atoms with Crippen molar-refractivity contribution in [3.05, 3.63) is 29.3 Å². The van der Waals surface area contributed by atoms with Gasteiger partial charge in [0.2, 0.25) is 0 Å². The van der Waals surface area contributed by atoms with Crippen molar-refractivity contribution < 1.29 is 9.47 Å². The van der Waals surface area contributed by atoms with Crippen LogP contribution in [0.2, 0.25) is 0 Å². The molecule has 0 aromatic heterocycles. The van der Waals surface area contributed by atoms with E-state index in [0.717, 1.165) is 51.7 Å². The van der Waals surface area contributed by atoms with Crippen LogP contribution in [0.15, 0.2) is 18.2 Å². The topological polar surface area (TPSA) is 33.7 Å². The maximum atomic E-state index is 5.51. The molecule has 1 saturated heterocycles. The lowest BCUT2D eigenvalue weighted by Gasteiger charge is -2.27. The summed E-state index contributed by atoms with van der Waals surface area (Å²) in [5, 5.41) is 3.50. The van der Waals surface area contributed by atoms with Gasteiger partial charge in [0, 0.05) is 31.7 Å². The van der Waals surface area contributed by atoms with Crippen LogP contribution in [-0.4, -0.2) is 44.9 Å². The van der Waals surface area contributed by atoms with Gasteiger partial charge in [0.25, 0.3) is 0 Å². The fourth-order valence-electron chi connectivity index (χ4n) is 2.57. The van der Waals surface area contributed by atoms with Crippen LogP contribution in [0, 0.1) is 5.92 Å². The third-order valence-electron chi connectivity index (χ3n) is 3.72. The van der Waals surface area contributed by atoms with Gasteiger partial charge in [-0.2, -0.15) is 0 Å². The van der Waals surface area contributed by atoms with Crippen molar-refractivity contribution in [2.45, 2.75) is 26.9 Å². The maximum Gasteiger partial charge on any atom is 0.123 e. The number of benzene rings is 1. The molecule has 1 aliphatic heterocycles. The third kappa shape index (κ3) is 5.30. The van der Waals surface area contributed by atoms with Crippen LogP contribution in [0.4, 0.5) is 0 Å². The van der Waals surface area contributed by atoms with Gasteiger partial charge in [-0.1, -0.05) is 19.9 Å². The molecule has 0 aliphatic carbocycles. The highest BCUT2D eigenvalue weighted by atomic mass is 16.5.